The Kier molecular flexibility index (Phi) is 6.56. The van der Waals surface area contributed by atoms with Crippen LogP contribution in [0.2, 0.25) is 0 Å². The standard InChI is InChI=1S/C19H31N3O6/c1-6-12-10-19(12,16(25)27-5)21-15(24)13-8-7-9-22(13)14(23)11-20-17(26)28-18(2,3)4/h12-13H,6-11H2,1-5H3,(H,20,26)(H,21,24)/t12-,13+,19-/m1/s1. The predicted molar refractivity (Wildman–Crippen MR) is 100 cm³/mol. The maximum absolute atomic E-state index is 12.8. The van der Waals surface area contributed by atoms with E-state index in [4.69, 9.17) is 9.47 Å². The van der Waals surface area contributed by atoms with Crippen molar-refractivity contribution in [2.75, 3.05) is 20.2 Å². The van der Waals surface area contributed by atoms with Crippen LogP contribution in [0.5, 0.6) is 0 Å². The molecule has 3 amide bonds. The van der Waals surface area contributed by atoms with Crippen molar-refractivity contribution in [3.63, 3.8) is 0 Å². The molecule has 2 N–H and O–H groups in total. The van der Waals surface area contributed by atoms with Gasteiger partial charge in [0.15, 0.2) is 0 Å². The molecular weight excluding hydrogens is 366 g/mol. The number of esters is 1. The Morgan fingerprint density at radius 2 is 1.89 bits per heavy atom. The van der Waals surface area contributed by atoms with E-state index >= 15 is 0 Å². The van der Waals surface area contributed by atoms with E-state index in [2.05, 4.69) is 10.6 Å². The lowest BCUT2D eigenvalue weighted by Gasteiger charge is -2.27. The average Bonchev–Trinajstić information content (AvgIpc) is 3.10. The first-order valence-electron chi connectivity index (χ1n) is 9.71. The second kappa shape index (κ2) is 8.36. The molecule has 9 heteroatoms. The summed E-state index contributed by atoms with van der Waals surface area (Å²) in [6.07, 6.45) is 1.80. The molecule has 1 aliphatic heterocycles. The lowest BCUT2D eigenvalue weighted by atomic mass is 10.1. The highest BCUT2D eigenvalue weighted by Gasteiger charge is 2.61. The van der Waals surface area contributed by atoms with Crippen LogP contribution in [-0.2, 0) is 23.9 Å². The van der Waals surface area contributed by atoms with Crippen molar-refractivity contribution >= 4 is 23.9 Å². The number of nitrogens with zero attached hydrogens (tertiary/aromatic N) is 1. The summed E-state index contributed by atoms with van der Waals surface area (Å²) in [6, 6.07) is -0.660. The lowest BCUT2D eigenvalue weighted by molar-refractivity contribution is -0.148. The van der Waals surface area contributed by atoms with Gasteiger partial charge in [-0.2, -0.15) is 0 Å². The fraction of sp³-hybridized carbons (Fsp3) is 0.789. The van der Waals surface area contributed by atoms with Crippen LogP contribution in [0.3, 0.4) is 0 Å². The molecule has 0 aromatic rings. The number of alkyl carbamates (subject to hydrolysis) is 1. The van der Waals surface area contributed by atoms with Crippen LogP contribution in [0, 0.1) is 5.92 Å². The third kappa shape index (κ3) is 4.94. The molecule has 0 aromatic heterocycles. The van der Waals surface area contributed by atoms with Crippen molar-refractivity contribution < 1.29 is 28.7 Å². The summed E-state index contributed by atoms with van der Waals surface area (Å²) in [6.45, 7) is 7.32. The molecule has 3 atom stereocenters. The topological polar surface area (TPSA) is 114 Å². The minimum absolute atomic E-state index is 0.0447. The number of hydrogen-bond acceptors (Lipinski definition) is 6. The molecule has 2 rings (SSSR count). The number of carbonyl (C=O) groups is 4. The van der Waals surface area contributed by atoms with Gasteiger partial charge in [0.25, 0.3) is 0 Å². The van der Waals surface area contributed by atoms with Crippen molar-refractivity contribution in [3.8, 4) is 0 Å². The van der Waals surface area contributed by atoms with Gasteiger partial charge in [-0.1, -0.05) is 13.3 Å². The highest BCUT2D eigenvalue weighted by Crippen LogP contribution is 2.46. The van der Waals surface area contributed by atoms with E-state index in [0.29, 0.717) is 25.8 Å². The van der Waals surface area contributed by atoms with Gasteiger partial charge in [0.2, 0.25) is 11.8 Å². The molecule has 0 radical (unpaired) electrons. The number of rotatable bonds is 6. The van der Waals surface area contributed by atoms with Gasteiger partial charge in [-0.05, 0) is 46.0 Å². The Morgan fingerprint density at radius 3 is 2.43 bits per heavy atom. The maximum atomic E-state index is 12.8. The Morgan fingerprint density at radius 1 is 1.21 bits per heavy atom. The summed E-state index contributed by atoms with van der Waals surface area (Å²) in [5.74, 6) is -1.12. The van der Waals surface area contributed by atoms with Crippen molar-refractivity contribution in [2.24, 2.45) is 5.92 Å². The van der Waals surface area contributed by atoms with Crippen LogP contribution in [0.25, 0.3) is 0 Å². The first kappa shape index (κ1) is 22.0. The molecule has 158 valence electrons. The predicted octanol–water partition coefficient (Wildman–Crippen LogP) is 0.960. The van der Waals surface area contributed by atoms with Gasteiger partial charge < -0.3 is 25.0 Å². The van der Waals surface area contributed by atoms with E-state index in [1.807, 2.05) is 6.92 Å². The summed E-state index contributed by atoms with van der Waals surface area (Å²) in [7, 11) is 1.30. The number of nitrogens with one attached hydrogen (secondary N) is 2. The fourth-order valence-corrected chi connectivity index (χ4v) is 3.66. The molecule has 2 aliphatic rings. The summed E-state index contributed by atoms with van der Waals surface area (Å²) < 4.78 is 9.97. The van der Waals surface area contributed by atoms with Crippen molar-refractivity contribution in [1.29, 1.82) is 0 Å². The minimum atomic E-state index is -0.980. The van der Waals surface area contributed by atoms with E-state index in [0.717, 1.165) is 6.42 Å². The second-order valence-corrected chi connectivity index (χ2v) is 8.36. The molecule has 9 nitrogen and oxygen atoms in total. The van der Waals surface area contributed by atoms with Gasteiger partial charge in [0.1, 0.15) is 23.7 Å². The SMILES string of the molecule is CC[C@@H]1C[C@]1(NC(=O)[C@@H]1CCCN1C(=O)CNC(=O)OC(C)(C)C)C(=O)OC. The number of methoxy groups -OCH3 is 1. The van der Waals surface area contributed by atoms with E-state index in [1.54, 1.807) is 20.8 Å². The van der Waals surface area contributed by atoms with Crippen LogP contribution in [0.1, 0.15) is 53.4 Å². The van der Waals surface area contributed by atoms with Gasteiger partial charge in [0, 0.05) is 6.54 Å². The lowest BCUT2D eigenvalue weighted by Crippen LogP contribution is -2.54. The third-order valence-corrected chi connectivity index (χ3v) is 5.15. The van der Waals surface area contributed by atoms with Crippen molar-refractivity contribution in [2.45, 2.75) is 70.6 Å². The molecule has 1 aliphatic carbocycles. The minimum Gasteiger partial charge on any atom is -0.467 e. The molecular formula is C19H31N3O6. The number of amides is 3. The van der Waals surface area contributed by atoms with Gasteiger partial charge >= 0.3 is 12.1 Å². The number of hydrogen-bond donors (Lipinski definition) is 2. The van der Waals surface area contributed by atoms with E-state index in [1.165, 1.54) is 12.0 Å². The van der Waals surface area contributed by atoms with Gasteiger partial charge in [-0.15, -0.1) is 0 Å². The average molecular weight is 397 g/mol. The summed E-state index contributed by atoms with van der Waals surface area (Å²) >= 11 is 0. The molecule has 28 heavy (non-hydrogen) atoms. The normalized spacial score (nSPS) is 26.4. The van der Waals surface area contributed by atoms with Crippen LogP contribution in [0.15, 0.2) is 0 Å². The molecule has 1 saturated heterocycles. The molecule has 0 unspecified atom stereocenters. The first-order valence-corrected chi connectivity index (χ1v) is 9.71. The van der Waals surface area contributed by atoms with Crippen LogP contribution >= 0.6 is 0 Å². The zero-order valence-electron chi connectivity index (χ0n) is 17.3. The van der Waals surface area contributed by atoms with Gasteiger partial charge in [-0.25, -0.2) is 9.59 Å². The number of ether oxygens (including phenoxy) is 2. The first-order chi connectivity index (χ1) is 13.0. The summed E-state index contributed by atoms with van der Waals surface area (Å²) in [4.78, 5) is 50.6. The molecule has 0 aromatic carbocycles. The Hall–Kier alpha value is -2.32. The highest BCUT2D eigenvalue weighted by molar-refractivity contribution is 5.95. The Labute approximate surface area is 165 Å². The van der Waals surface area contributed by atoms with Crippen LogP contribution in [0.4, 0.5) is 4.79 Å². The van der Waals surface area contributed by atoms with Crippen LogP contribution in [-0.4, -0.2) is 66.2 Å². The monoisotopic (exact) mass is 397 g/mol. The van der Waals surface area contributed by atoms with E-state index < -0.39 is 29.2 Å². The highest BCUT2D eigenvalue weighted by atomic mass is 16.6. The smallest absolute Gasteiger partial charge is 0.408 e. The summed E-state index contributed by atoms with van der Waals surface area (Å²) in [5.41, 5.74) is -1.64. The second-order valence-electron chi connectivity index (χ2n) is 8.36. The van der Waals surface area contributed by atoms with Crippen LogP contribution < -0.4 is 10.6 Å². The van der Waals surface area contributed by atoms with Crippen molar-refractivity contribution in [1.82, 2.24) is 15.5 Å². The fourth-order valence-electron chi connectivity index (χ4n) is 3.66. The zero-order chi connectivity index (χ0) is 21.1. The van der Waals surface area contributed by atoms with E-state index in [-0.39, 0.29) is 24.3 Å². The quantitative estimate of drug-likeness (QED) is 0.646. The molecule has 2 fully saturated rings. The Bertz CT molecular complexity index is 644. The molecule has 0 spiro atoms. The third-order valence-electron chi connectivity index (χ3n) is 5.15. The molecule has 0 bridgehead atoms. The van der Waals surface area contributed by atoms with Gasteiger partial charge in [-0.3, -0.25) is 9.59 Å². The number of carbonyl (C=O) groups excluding carboxylic acids is 4. The maximum Gasteiger partial charge on any atom is 0.408 e. The molecule has 1 heterocycles. The van der Waals surface area contributed by atoms with Gasteiger partial charge in [0.05, 0.1) is 7.11 Å². The van der Waals surface area contributed by atoms with E-state index in [9.17, 15) is 19.2 Å². The molecule has 1 saturated carbocycles. The van der Waals surface area contributed by atoms with Crippen molar-refractivity contribution in [3.05, 3.63) is 0 Å². The summed E-state index contributed by atoms with van der Waals surface area (Å²) in [5, 5.41) is 5.24. The number of likely N-dealkylation sites (tertiary alicyclic amines) is 1. The Balaban J connectivity index is 1.94. The zero-order valence-corrected chi connectivity index (χ0v) is 17.3. The largest absolute Gasteiger partial charge is 0.467 e.